The maximum atomic E-state index is 11.9. The Labute approximate surface area is 128 Å². The van der Waals surface area contributed by atoms with Crippen LogP contribution in [-0.2, 0) is 11.3 Å². The molecule has 0 fully saturated rings. The van der Waals surface area contributed by atoms with Gasteiger partial charge in [0.1, 0.15) is 0 Å². The normalized spacial score (nSPS) is 11.2. The van der Waals surface area contributed by atoms with Gasteiger partial charge in [-0.15, -0.1) is 0 Å². The van der Waals surface area contributed by atoms with Crippen molar-refractivity contribution in [3.05, 3.63) is 47.0 Å². The van der Waals surface area contributed by atoms with Gasteiger partial charge in [-0.05, 0) is 50.2 Å². The van der Waals surface area contributed by atoms with E-state index in [0.717, 1.165) is 28.4 Å². The second kappa shape index (κ2) is 5.41. The molecule has 0 saturated heterocycles. The molecule has 21 heavy (non-hydrogen) atoms. The molecule has 0 N–H and O–H groups in total. The second-order valence-corrected chi connectivity index (χ2v) is 5.29. The molecule has 3 rings (SSSR count). The molecule has 0 aliphatic rings. The fourth-order valence-corrected chi connectivity index (χ4v) is 2.93. The third-order valence-corrected chi connectivity index (χ3v) is 3.89. The van der Waals surface area contributed by atoms with Gasteiger partial charge in [-0.3, -0.25) is 0 Å². The zero-order valence-corrected chi connectivity index (χ0v) is 12.8. The summed E-state index contributed by atoms with van der Waals surface area (Å²) in [6.45, 7) is 5.14. The molecule has 0 aliphatic heterocycles. The van der Waals surface area contributed by atoms with Crippen LogP contribution >= 0.6 is 11.6 Å². The Morgan fingerprint density at radius 3 is 2.43 bits per heavy atom. The van der Waals surface area contributed by atoms with E-state index in [1.54, 1.807) is 6.92 Å². The summed E-state index contributed by atoms with van der Waals surface area (Å²) in [7, 11) is 0. The summed E-state index contributed by atoms with van der Waals surface area (Å²) >= 11 is 6.12. The first-order valence-corrected chi connectivity index (χ1v) is 7.42. The molecule has 3 nitrogen and oxygen atoms in total. The minimum absolute atomic E-state index is 0.293. The number of ether oxygens (including phenoxy) is 1. The van der Waals surface area contributed by atoms with E-state index in [9.17, 15) is 4.79 Å². The summed E-state index contributed by atoms with van der Waals surface area (Å²) in [6.07, 6.45) is 0. The first-order valence-electron chi connectivity index (χ1n) is 7.04. The van der Waals surface area contributed by atoms with Crippen molar-refractivity contribution >= 4 is 39.4 Å². The van der Waals surface area contributed by atoms with Gasteiger partial charge < -0.3 is 9.30 Å². The largest absolute Gasteiger partial charge is 0.462 e. The fourth-order valence-electron chi connectivity index (χ4n) is 2.76. The molecule has 0 atom stereocenters. The molecule has 3 aromatic rings. The maximum absolute atomic E-state index is 11.9. The third-order valence-electron chi connectivity index (χ3n) is 3.65. The highest BCUT2D eigenvalue weighted by Crippen LogP contribution is 2.31. The Hall–Kier alpha value is -2.00. The minimum Gasteiger partial charge on any atom is -0.462 e. The van der Waals surface area contributed by atoms with E-state index in [-0.39, 0.29) is 5.97 Å². The lowest BCUT2D eigenvalue weighted by Gasteiger charge is -2.04. The van der Waals surface area contributed by atoms with E-state index >= 15 is 0 Å². The van der Waals surface area contributed by atoms with Gasteiger partial charge in [0.15, 0.2) is 0 Å². The Morgan fingerprint density at radius 1 is 1.10 bits per heavy atom. The number of aromatic nitrogens is 1. The SMILES string of the molecule is CCOC(=O)c1ccc2c(c1)c1cc(Cl)ccc1n2CC. The Kier molecular flexibility index (Phi) is 3.60. The molecule has 0 saturated carbocycles. The van der Waals surface area contributed by atoms with Crippen molar-refractivity contribution in [1.82, 2.24) is 4.57 Å². The van der Waals surface area contributed by atoms with Crippen molar-refractivity contribution in [2.45, 2.75) is 20.4 Å². The number of rotatable bonds is 3. The third kappa shape index (κ3) is 2.28. The highest BCUT2D eigenvalue weighted by molar-refractivity contribution is 6.31. The topological polar surface area (TPSA) is 31.2 Å². The lowest BCUT2D eigenvalue weighted by Crippen LogP contribution is -2.04. The number of halogens is 1. The molecule has 0 aliphatic carbocycles. The number of carbonyl (C=O) groups is 1. The van der Waals surface area contributed by atoms with E-state index in [1.807, 2.05) is 36.4 Å². The highest BCUT2D eigenvalue weighted by atomic mass is 35.5. The molecule has 108 valence electrons. The van der Waals surface area contributed by atoms with Gasteiger partial charge in [-0.2, -0.15) is 0 Å². The molecule has 4 heteroatoms. The van der Waals surface area contributed by atoms with Gasteiger partial charge in [-0.1, -0.05) is 11.6 Å². The number of aryl methyl sites for hydroxylation is 1. The van der Waals surface area contributed by atoms with E-state index in [2.05, 4.69) is 11.5 Å². The smallest absolute Gasteiger partial charge is 0.338 e. The highest BCUT2D eigenvalue weighted by Gasteiger charge is 2.13. The first kappa shape index (κ1) is 14.0. The number of esters is 1. The summed E-state index contributed by atoms with van der Waals surface area (Å²) in [6, 6.07) is 11.5. The molecule has 2 aromatic carbocycles. The molecular formula is C17H16ClNO2. The maximum Gasteiger partial charge on any atom is 0.338 e. The summed E-state index contributed by atoms with van der Waals surface area (Å²) in [5.41, 5.74) is 2.79. The van der Waals surface area contributed by atoms with Gasteiger partial charge >= 0.3 is 5.97 Å². The van der Waals surface area contributed by atoms with Gasteiger partial charge in [-0.25, -0.2) is 4.79 Å². The number of hydrogen-bond donors (Lipinski definition) is 0. The van der Waals surface area contributed by atoms with Crippen LogP contribution in [0.4, 0.5) is 0 Å². The molecule has 0 spiro atoms. The van der Waals surface area contributed by atoms with Gasteiger partial charge in [0, 0.05) is 33.4 Å². The zero-order valence-electron chi connectivity index (χ0n) is 12.0. The molecule has 0 unspecified atom stereocenters. The van der Waals surface area contributed by atoms with Crippen LogP contribution in [0.25, 0.3) is 21.8 Å². The van der Waals surface area contributed by atoms with Crippen molar-refractivity contribution in [1.29, 1.82) is 0 Å². The summed E-state index contributed by atoms with van der Waals surface area (Å²) < 4.78 is 7.29. The molecule has 0 bridgehead atoms. The lowest BCUT2D eigenvalue weighted by atomic mass is 10.1. The monoisotopic (exact) mass is 301 g/mol. The van der Waals surface area contributed by atoms with Gasteiger partial charge in [0.05, 0.1) is 12.2 Å². The number of benzene rings is 2. The second-order valence-electron chi connectivity index (χ2n) is 4.86. The van der Waals surface area contributed by atoms with Crippen molar-refractivity contribution in [2.75, 3.05) is 6.61 Å². The summed E-state index contributed by atoms with van der Waals surface area (Å²) in [5, 5.41) is 2.78. The van der Waals surface area contributed by atoms with Crippen LogP contribution in [0.1, 0.15) is 24.2 Å². The molecule has 1 heterocycles. The molecule has 0 amide bonds. The van der Waals surface area contributed by atoms with Gasteiger partial charge in [0.25, 0.3) is 0 Å². The number of carbonyl (C=O) groups excluding carboxylic acids is 1. The summed E-state index contributed by atoms with van der Waals surface area (Å²) in [4.78, 5) is 11.9. The van der Waals surface area contributed by atoms with Crippen LogP contribution in [-0.4, -0.2) is 17.1 Å². The van der Waals surface area contributed by atoms with Crippen LogP contribution in [0.2, 0.25) is 5.02 Å². The Bertz CT molecular complexity index is 836. The van der Waals surface area contributed by atoms with E-state index < -0.39 is 0 Å². The quantitative estimate of drug-likeness (QED) is 0.660. The Morgan fingerprint density at radius 2 is 1.76 bits per heavy atom. The zero-order chi connectivity index (χ0) is 15.0. The lowest BCUT2D eigenvalue weighted by molar-refractivity contribution is 0.0526. The molecule has 1 aromatic heterocycles. The van der Waals surface area contributed by atoms with Crippen LogP contribution in [0, 0.1) is 0 Å². The van der Waals surface area contributed by atoms with Crippen molar-refractivity contribution in [3.63, 3.8) is 0 Å². The first-order chi connectivity index (χ1) is 10.2. The van der Waals surface area contributed by atoms with Crippen molar-refractivity contribution < 1.29 is 9.53 Å². The van der Waals surface area contributed by atoms with E-state index in [1.165, 1.54) is 0 Å². The molecule has 0 radical (unpaired) electrons. The number of nitrogens with zero attached hydrogens (tertiary/aromatic N) is 1. The van der Waals surface area contributed by atoms with Crippen LogP contribution in [0.5, 0.6) is 0 Å². The fraction of sp³-hybridized carbons (Fsp3) is 0.235. The van der Waals surface area contributed by atoms with Crippen LogP contribution in [0.3, 0.4) is 0 Å². The predicted molar refractivity (Wildman–Crippen MR) is 86.1 cm³/mol. The number of fused-ring (bicyclic) bond motifs is 3. The van der Waals surface area contributed by atoms with E-state index in [4.69, 9.17) is 16.3 Å². The van der Waals surface area contributed by atoms with Crippen molar-refractivity contribution in [3.8, 4) is 0 Å². The number of hydrogen-bond acceptors (Lipinski definition) is 2. The van der Waals surface area contributed by atoms with Crippen molar-refractivity contribution in [2.24, 2.45) is 0 Å². The standard InChI is InChI=1S/C17H16ClNO2/c1-3-19-15-7-5-11(17(20)21-4-2)9-13(15)14-10-12(18)6-8-16(14)19/h5-10H,3-4H2,1-2H3. The van der Waals surface area contributed by atoms with Crippen LogP contribution in [0.15, 0.2) is 36.4 Å². The van der Waals surface area contributed by atoms with Crippen LogP contribution < -0.4 is 0 Å². The van der Waals surface area contributed by atoms with E-state index in [0.29, 0.717) is 17.2 Å². The minimum atomic E-state index is -0.293. The average Bonchev–Trinajstić information content (AvgIpc) is 2.79. The van der Waals surface area contributed by atoms with Gasteiger partial charge in [0.2, 0.25) is 0 Å². The summed E-state index contributed by atoms with van der Waals surface area (Å²) in [5.74, 6) is -0.293. The predicted octanol–water partition coefficient (Wildman–Crippen LogP) is 4.64. The molecular weight excluding hydrogens is 286 g/mol. The Balaban J connectivity index is 2.31. The average molecular weight is 302 g/mol.